The molecule has 4 aromatic heterocycles. The molecule has 0 amide bonds. The molecular weight excluding hydrogens is 453 g/mol. The highest BCUT2D eigenvalue weighted by atomic mass is 35.5. The maximum Gasteiger partial charge on any atom is 0.163 e. The lowest BCUT2D eigenvalue weighted by Crippen LogP contribution is -2.00. The van der Waals surface area contributed by atoms with Crippen LogP contribution in [0.1, 0.15) is 11.5 Å². The number of pyridine rings is 2. The molecule has 6 aromatic rings. The maximum absolute atomic E-state index is 14.6. The molecule has 9 heteroatoms. The topological polar surface area (TPSA) is 85.2 Å². The molecular formula is C25H17ClFN7. The molecule has 2 aromatic carbocycles. The number of benzene rings is 2. The highest BCUT2D eigenvalue weighted by molar-refractivity contribution is 6.36. The summed E-state index contributed by atoms with van der Waals surface area (Å²) >= 11 is 6.54. The lowest BCUT2D eigenvalue weighted by Gasteiger charge is -2.13. The SMILES string of the molecule is Cc1cc(-c2cc(-c3nnc[nH]3)c3nc(C)n(-c4ccnc5c(F)ccc(Cl)c45)c3c2)ccn1. The van der Waals surface area contributed by atoms with E-state index >= 15 is 0 Å². The first-order chi connectivity index (χ1) is 16.5. The van der Waals surface area contributed by atoms with Gasteiger partial charge in [-0.3, -0.25) is 14.5 Å². The van der Waals surface area contributed by atoms with Crippen LogP contribution in [0.15, 0.2) is 61.2 Å². The van der Waals surface area contributed by atoms with Crippen LogP contribution in [0.5, 0.6) is 0 Å². The summed E-state index contributed by atoms with van der Waals surface area (Å²) in [6.07, 6.45) is 4.90. The van der Waals surface area contributed by atoms with Crippen LogP contribution in [-0.4, -0.2) is 34.7 Å². The molecule has 0 radical (unpaired) electrons. The Bertz CT molecular complexity index is 1710. The van der Waals surface area contributed by atoms with Crippen molar-refractivity contribution in [2.24, 2.45) is 0 Å². The Morgan fingerprint density at radius 2 is 1.79 bits per heavy atom. The lowest BCUT2D eigenvalue weighted by atomic mass is 10.0. The van der Waals surface area contributed by atoms with Gasteiger partial charge in [-0.1, -0.05) is 11.6 Å². The number of nitrogens with zero attached hydrogens (tertiary/aromatic N) is 6. The zero-order valence-electron chi connectivity index (χ0n) is 18.2. The number of hydrogen-bond acceptors (Lipinski definition) is 5. The van der Waals surface area contributed by atoms with E-state index in [0.717, 1.165) is 33.4 Å². The summed E-state index contributed by atoms with van der Waals surface area (Å²) in [7, 11) is 0. The van der Waals surface area contributed by atoms with E-state index in [-0.39, 0.29) is 5.52 Å². The number of fused-ring (bicyclic) bond motifs is 2. The Morgan fingerprint density at radius 1 is 0.941 bits per heavy atom. The second-order valence-electron chi connectivity index (χ2n) is 7.99. The van der Waals surface area contributed by atoms with Gasteiger partial charge in [0.25, 0.3) is 0 Å². The Hall–Kier alpha value is -4.17. The zero-order valence-corrected chi connectivity index (χ0v) is 19.0. The Balaban J connectivity index is 1.73. The first kappa shape index (κ1) is 20.4. The van der Waals surface area contributed by atoms with E-state index in [1.165, 1.54) is 12.4 Å². The van der Waals surface area contributed by atoms with Gasteiger partial charge in [-0.25, -0.2) is 9.37 Å². The number of imidazole rings is 1. The number of H-pyrrole nitrogens is 1. The molecule has 0 aliphatic rings. The van der Waals surface area contributed by atoms with Gasteiger partial charge in [-0.15, -0.1) is 10.2 Å². The minimum Gasteiger partial charge on any atom is -0.327 e. The molecule has 0 bridgehead atoms. The molecule has 0 atom stereocenters. The molecule has 7 nitrogen and oxygen atoms in total. The van der Waals surface area contributed by atoms with Gasteiger partial charge < -0.3 is 4.98 Å². The predicted molar refractivity (Wildman–Crippen MR) is 129 cm³/mol. The molecule has 1 N–H and O–H groups in total. The van der Waals surface area contributed by atoms with E-state index in [1.807, 2.05) is 42.7 Å². The van der Waals surface area contributed by atoms with Crippen molar-refractivity contribution < 1.29 is 4.39 Å². The summed E-state index contributed by atoms with van der Waals surface area (Å²) in [5.74, 6) is 0.885. The van der Waals surface area contributed by atoms with Gasteiger partial charge in [0.1, 0.15) is 29.0 Å². The largest absolute Gasteiger partial charge is 0.327 e. The van der Waals surface area contributed by atoms with Crippen LogP contribution in [0.25, 0.3) is 50.1 Å². The molecule has 166 valence electrons. The fourth-order valence-electron chi connectivity index (χ4n) is 4.37. The molecule has 0 fully saturated rings. The van der Waals surface area contributed by atoms with Gasteiger partial charge in [0, 0.05) is 29.0 Å². The van der Waals surface area contributed by atoms with Crippen LogP contribution in [0.4, 0.5) is 4.39 Å². The van der Waals surface area contributed by atoms with Crippen molar-refractivity contribution in [1.82, 2.24) is 34.7 Å². The number of rotatable bonds is 3. The summed E-state index contributed by atoms with van der Waals surface area (Å²) in [6.45, 7) is 3.85. The van der Waals surface area contributed by atoms with Crippen LogP contribution < -0.4 is 0 Å². The fourth-order valence-corrected chi connectivity index (χ4v) is 4.62. The summed E-state index contributed by atoms with van der Waals surface area (Å²) in [6, 6.07) is 12.8. The summed E-state index contributed by atoms with van der Waals surface area (Å²) in [5, 5.41) is 9.12. The van der Waals surface area contributed by atoms with Crippen LogP contribution in [0, 0.1) is 19.7 Å². The van der Waals surface area contributed by atoms with Crippen LogP contribution >= 0.6 is 11.6 Å². The quantitative estimate of drug-likeness (QED) is 0.352. The number of nitrogens with one attached hydrogen (secondary N) is 1. The van der Waals surface area contributed by atoms with Crippen molar-refractivity contribution in [3.63, 3.8) is 0 Å². The third-order valence-electron chi connectivity index (χ3n) is 5.84. The predicted octanol–water partition coefficient (Wildman–Crippen LogP) is 5.83. The molecule has 4 heterocycles. The molecule has 0 saturated heterocycles. The first-order valence-corrected chi connectivity index (χ1v) is 10.9. The number of aromatic nitrogens is 7. The number of aromatic amines is 1. The van der Waals surface area contributed by atoms with E-state index in [9.17, 15) is 4.39 Å². The Labute approximate surface area is 198 Å². The Kier molecular flexibility index (Phi) is 4.63. The monoisotopic (exact) mass is 469 g/mol. The van der Waals surface area contributed by atoms with Crippen molar-refractivity contribution in [1.29, 1.82) is 0 Å². The number of aryl methyl sites for hydroxylation is 2. The normalized spacial score (nSPS) is 11.5. The van der Waals surface area contributed by atoms with Crippen molar-refractivity contribution in [2.75, 3.05) is 0 Å². The third kappa shape index (κ3) is 3.14. The lowest BCUT2D eigenvalue weighted by molar-refractivity contribution is 0.636. The van der Waals surface area contributed by atoms with Crippen LogP contribution in [0.2, 0.25) is 5.02 Å². The molecule has 0 unspecified atom stereocenters. The number of hydrogen-bond donors (Lipinski definition) is 1. The van der Waals surface area contributed by atoms with E-state index in [0.29, 0.717) is 27.7 Å². The van der Waals surface area contributed by atoms with E-state index in [1.54, 1.807) is 18.5 Å². The minimum absolute atomic E-state index is 0.211. The van der Waals surface area contributed by atoms with Gasteiger partial charge >= 0.3 is 0 Å². The van der Waals surface area contributed by atoms with Crippen molar-refractivity contribution in [2.45, 2.75) is 13.8 Å². The van der Waals surface area contributed by atoms with Gasteiger partial charge in [0.15, 0.2) is 5.82 Å². The zero-order chi connectivity index (χ0) is 23.4. The van der Waals surface area contributed by atoms with Gasteiger partial charge in [-0.2, -0.15) is 0 Å². The maximum atomic E-state index is 14.6. The molecule has 34 heavy (non-hydrogen) atoms. The van der Waals surface area contributed by atoms with E-state index in [4.69, 9.17) is 16.6 Å². The average Bonchev–Trinajstić information content (AvgIpc) is 3.48. The second-order valence-corrected chi connectivity index (χ2v) is 8.40. The number of halogens is 2. The van der Waals surface area contributed by atoms with Gasteiger partial charge in [-0.05, 0) is 67.4 Å². The highest BCUT2D eigenvalue weighted by Crippen LogP contribution is 2.37. The molecule has 0 saturated carbocycles. The van der Waals surface area contributed by atoms with Crippen molar-refractivity contribution >= 4 is 33.5 Å². The minimum atomic E-state index is -0.432. The van der Waals surface area contributed by atoms with Crippen molar-refractivity contribution in [3.05, 3.63) is 83.5 Å². The van der Waals surface area contributed by atoms with Crippen LogP contribution in [-0.2, 0) is 0 Å². The summed E-state index contributed by atoms with van der Waals surface area (Å²) < 4.78 is 16.6. The molecule has 6 rings (SSSR count). The first-order valence-electron chi connectivity index (χ1n) is 10.6. The smallest absolute Gasteiger partial charge is 0.163 e. The molecule has 0 spiro atoms. The summed E-state index contributed by atoms with van der Waals surface area (Å²) in [5.41, 5.74) is 6.14. The standard InChI is InChI=1S/C25H17ClFN7/c1-13-9-15(5-7-28-13)16-10-17(25-30-12-31-33-25)23-21(11-16)34(14(2)32-23)20-6-8-29-24-19(27)4-3-18(26)22(20)24/h3-12H,1-2H3,(H,30,31,33). The molecule has 0 aliphatic heterocycles. The van der Waals surface area contributed by atoms with Crippen molar-refractivity contribution in [3.8, 4) is 28.2 Å². The van der Waals surface area contributed by atoms with Gasteiger partial charge in [0.05, 0.1) is 16.2 Å². The Morgan fingerprint density at radius 3 is 2.59 bits per heavy atom. The van der Waals surface area contributed by atoms with Crippen LogP contribution in [0.3, 0.4) is 0 Å². The van der Waals surface area contributed by atoms with Gasteiger partial charge in [0.2, 0.25) is 0 Å². The second kappa shape index (κ2) is 7.71. The summed E-state index contributed by atoms with van der Waals surface area (Å²) in [4.78, 5) is 16.5. The highest BCUT2D eigenvalue weighted by Gasteiger charge is 2.20. The third-order valence-corrected chi connectivity index (χ3v) is 6.16. The molecule has 0 aliphatic carbocycles. The average molecular weight is 470 g/mol. The van der Waals surface area contributed by atoms with E-state index in [2.05, 4.69) is 31.2 Å². The fraction of sp³-hybridized carbons (Fsp3) is 0.0800. The van der Waals surface area contributed by atoms with E-state index < -0.39 is 5.82 Å².